The molecule has 0 atom stereocenters. The van der Waals surface area contributed by atoms with Gasteiger partial charge in [0.2, 0.25) is 5.13 Å². The summed E-state index contributed by atoms with van der Waals surface area (Å²) in [5.41, 5.74) is 1.76. The first-order valence-electron chi connectivity index (χ1n) is 7.61. The molecule has 0 aliphatic heterocycles. The number of carbonyl (C=O) groups is 1. The molecule has 0 spiro atoms. The SMILES string of the molecule is COc1cccc(C(=O)Nc2nnc(CSc3ccc(C)cc3)s2)c1. The zero-order valence-electron chi connectivity index (χ0n) is 13.9. The molecule has 0 unspecified atom stereocenters. The van der Waals surface area contributed by atoms with E-state index >= 15 is 0 Å². The fourth-order valence-electron chi connectivity index (χ4n) is 2.08. The molecule has 1 aromatic heterocycles. The van der Waals surface area contributed by atoms with Gasteiger partial charge in [0.1, 0.15) is 10.8 Å². The van der Waals surface area contributed by atoms with E-state index in [2.05, 4.69) is 46.7 Å². The van der Waals surface area contributed by atoms with Crippen molar-refractivity contribution in [3.8, 4) is 5.75 Å². The molecule has 0 radical (unpaired) electrons. The third-order valence-corrected chi connectivity index (χ3v) is 5.45. The van der Waals surface area contributed by atoms with Gasteiger partial charge in [-0.1, -0.05) is 35.1 Å². The highest BCUT2D eigenvalue weighted by atomic mass is 32.2. The number of benzene rings is 2. The molecule has 0 saturated heterocycles. The molecular formula is C18H17N3O2S2. The van der Waals surface area contributed by atoms with E-state index in [1.165, 1.54) is 21.8 Å². The molecule has 1 heterocycles. The summed E-state index contributed by atoms with van der Waals surface area (Å²) in [6.07, 6.45) is 0. The number of thioether (sulfide) groups is 1. The maximum Gasteiger partial charge on any atom is 0.257 e. The Morgan fingerprint density at radius 3 is 2.76 bits per heavy atom. The second-order valence-electron chi connectivity index (χ2n) is 5.29. The van der Waals surface area contributed by atoms with Crippen LogP contribution in [0.5, 0.6) is 5.75 Å². The standard InChI is InChI=1S/C18H17N3O2S2/c1-12-6-8-15(9-7-12)24-11-16-20-21-18(25-16)19-17(22)13-4-3-5-14(10-13)23-2/h3-10H,11H2,1-2H3,(H,19,21,22). The van der Waals surface area contributed by atoms with Crippen LogP contribution < -0.4 is 10.1 Å². The molecular weight excluding hydrogens is 354 g/mol. The van der Waals surface area contributed by atoms with Gasteiger partial charge in [0.15, 0.2) is 0 Å². The van der Waals surface area contributed by atoms with Crippen LogP contribution in [0.3, 0.4) is 0 Å². The molecule has 0 aliphatic rings. The van der Waals surface area contributed by atoms with Gasteiger partial charge in [0.25, 0.3) is 5.91 Å². The second-order valence-corrected chi connectivity index (χ2v) is 7.40. The molecule has 0 bridgehead atoms. The second kappa shape index (κ2) is 8.13. The van der Waals surface area contributed by atoms with Gasteiger partial charge in [-0.05, 0) is 37.3 Å². The average molecular weight is 371 g/mol. The number of anilines is 1. The van der Waals surface area contributed by atoms with Crippen molar-refractivity contribution in [2.24, 2.45) is 0 Å². The van der Waals surface area contributed by atoms with Crippen molar-refractivity contribution >= 4 is 34.1 Å². The minimum atomic E-state index is -0.229. The molecule has 0 saturated carbocycles. The number of hydrogen-bond acceptors (Lipinski definition) is 6. The fraction of sp³-hybridized carbons (Fsp3) is 0.167. The molecule has 3 aromatic rings. The van der Waals surface area contributed by atoms with Crippen molar-refractivity contribution in [3.63, 3.8) is 0 Å². The zero-order valence-corrected chi connectivity index (χ0v) is 15.5. The van der Waals surface area contributed by atoms with E-state index in [0.29, 0.717) is 16.4 Å². The zero-order chi connectivity index (χ0) is 17.6. The number of nitrogens with one attached hydrogen (secondary N) is 1. The molecule has 2 aromatic carbocycles. The summed E-state index contributed by atoms with van der Waals surface area (Å²) in [6.45, 7) is 2.07. The number of carbonyl (C=O) groups excluding carboxylic acids is 1. The maximum atomic E-state index is 12.3. The summed E-state index contributed by atoms with van der Waals surface area (Å²) in [5, 5.41) is 12.3. The van der Waals surface area contributed by atoms with Gasteiger partial charge in [-0.2, -0.15) is 0 Å². The summed E-state index contributed by atoms with van der Waals surface area (Å²) in [5.74, 6) is 1.13. The smallest absolute Gasteiger partial charge is 0.257 e. The Morgan fingerprint density at radius 1 is 1.20 bits per heavy atom. The van der Waals surface area contributed by atoms with Crippen LogP contribution in [0.2, 0.25) is 0 Å². The lowest BCUT2D eigenvalue weighted by Gasteiger charge is -2.03. The summed E-state index contributed by atoms with van der Waals surface area (Å²) in [7, 11) is 1.57. The Hall–Kier alpha value is -2.38. The van der Waals surface area contributed by atoms with Crippen LogP contribution in [0.15, 0.2) is 53.4 Å². The largest absolute Gasteiger partial charge is 0.497 e. The Labute approximate surface area is 154 Å². The summed E-state index contributed by atoms with van der Waals surface area (Å²) >= 11 is 3.08. The summed E-state index contributed by atoms with van der Waals surface area (Å²) in [6, 6.07) is 15.3. The Balaban J connectivity index is 1.59. The first-order chi connectivity index (χ1) is 12.1. The van der Waals surface area contributed by atoms with Gasteiger partial charge in [-0.3, -0.25) is 10.1 Å². The molecule has 3 rings (SSSR count). The highest BCUT2D eigenvalue weighted by Crippen LogP contribution is 2.26. The van der Waals surface area contributed by atoms with Crippen LogP contribution in [0.4, 0.5) is 5.13 Å². The van der Waals surface area contributed by atoms with Crippen LogP contribution in [0.25, 0.3) is 0 Å². The van der Waals surface area contributed by atoms with E-state index in [-0.39, 0.29) is 5.91 Å². The lowest BCUT2D eigenvalue weighted by Crippen LogP contribution is -2.11. The number of methoxy groups -OCH3 is 1. The Kier molecular flexibility index (Phi) is 5.67. The molecule has 1 amide bonds. The first kappa shape index (κ1) is 17.4. The average Bonchev–Trinajstić information content (AvgIpc) is 3.08. The van der Waals surface area contributed by atoms with Crippen molar-refractivity contribution in [1.82, 2.24) is 10.2 Å². The quantitative estimate of drug-likeness (QED) is 0.651. The van der Waals surface area contributed by atoms with E-state index in [0.717, 1.165) is 10.8 Å². The van der Waals surface area contributed by atoms with Gasteiger partial charge < -0.3 is 4.74 Å². The van der Waals surface area contributed by atoms with Crippen LogP contribution in [-0.4, -0.2) is 23.2 Å². The number of aromatic nitrogens is 2. The highest BCUT2D eigenvalue weighted by Gasteiger charge is 2.11. The van der Waals surface area contributed by atoms with Gasteiger partial charge >= 0.3 is 0 Å². The summed E-state index contributed by atoms with van der Waals surface area (Å²) in [4.78, 5) is 13.5. The van der Waals surface area contributed by atoms with Gasteiger partial charge in [0.05, 0.1) is 12.9 Å². The van der Waals surface area contributed by atoms with E-state index in [9.17, 15) is 4.79 Å². The third-order valence-electron chi connectivity index (χ3n) is 3.40. The van der Waals surface area contributed by atoms with Gasteiger partial charge in [-0.15, -0.1) is 22.0 Å². The summed E-state index contributed by atoms with van der Waals surface area (Å²) < 4.78 is 5.13. The van der Waals surface area contributed by atoms with Crippen LogP contribution in [0.1, 0.15) is 20.9 Å². The minimum Gasteiger partial charge on any atom is -0.497 e. The molecule has 0 fully saturated rings. The van der Waals surface area contributed by atoms with E-state index in [1.54, 1.807) is 43.1 Å². The van der Waals surface area contributed by atoms with Crippen molar-refractivity contribution in [2.45, 2.75) is 17.6 Å². The molecule has 25 heavy (non-hydrogen) atoms. The van der Waals surface area contributed by atoms with Crippen LogP contribution in [0, 0.1) is 6.92 Å². The molecule has 5 nitrogen and oxygen atoms in total. The number of hydrogen-bond donors (Lipinski definition) is 1. The van der Waals surface area contributed by atoms with Crippen molar-refractivity contribution < 1.29 is 9.53 Å². The minimum absolute atomic E-state index is 0.229. The van der Waals surface area contributed by atoms with Crippen molar-refractivity contribution in [3.05, 3.63) is 64.7 Å². The predicted molar refractivity (Wildman–Crippen MR) is 102 cm³/mol. The van der Waals surface area contributed by atoms with E-state index < -0.39 is 0 Å². The fourth-order valence-corrected chi connectivity index (χ4v) is 3.69. The molecule has 7 heteroatoms. The number of aryl methyl sites for hydroxylation is 1. The Bertz CT molecular complexity index is 863. The van der Waals surface area contributed by atoms with Crippen LogP contribution >= 0.6 is 23.1 Å². The topological polar surface area (TPSA) is 64.1 Å². The number of amides is 1. The third kappa shape index (κ3) is 4.80. The van der Waals surface area contributed by atoms with Crippen molar-refractivity contribution in [2.75, 3.05) is 12.4 Å². The van der Waals surface area contributed by atoms with E-state index in [4.69, 9.17) is 4.74 Å². The lowest BCUT2D eigenvalue weighted by atomic mass is 10.2. The number of rotatable bonds is 6. The molecule has 1 N–H and O–H groups in total. The first-order valence-corrected chi connectivity index (χ1v) is 9.41. The number of ether oxygens (including phenoxy) is 1. The Morgan fingerprint density at radius 2 is 2.00 bits per heavy atom. The monoisotopic (exact) mass is 371 g/mol. The van der Waals surface area contributed by atoms with Crippen molar-refractivity contribution in [1.29, 1.82) is 0 Å². The highest BCUT2D eigenvalue weighted by molar-refractivity contribution is 7.98. The normalized spacial score (nSPS) is 10.5. The lowest BCUT2D eigenvalue weighted by molar-refractivity contribution is 0.102. The molecule has 0 aliphatic carbocycles. The van der Waals surface area contributed by atoms with Gasteiger partial charge in [-0.25, -0.2) is 0 Å². The molecule has 128 valence electrons. The predicted octanol–water partition coefficient (Wildman–Crippen LogP) is 4.40. The van der Waals surface area contributed by atoms with Crippen LogP contribution in [-0.2, 0) is 5.75 Å². The maximum absolute atomic E-state index is 12.3. The number of nitrogens with zero attached hydrogens (tertiary/aromatic N) is 2. The van der Waals surface area contributed by atoms with E-state index in [1.807, 2.05) is 0 Å². The van der Waals surface area contributed by atoms with Gasteiger partial charge in [0, 0.05) is 10.5 Å².